The molecule has 1 heterocycles. The molecule has 4 aromatic rings. The summed E-state index contributed by atoms with van der Waals surface area (Å²) >= 11 is 0. The van der Waals surface area contributed by atoms with Crippen LogP contribution < -0.4 is 14.2 Å². The molecule has 1 unspecified atom stereocenters. The van der Waals surface area contributed by atoms with Gasteiger partial charge in [0.2, 0.25) is 0 Å². The number of rotatable bonds is 9. The van der Waals surface area contributed by atoms with Crippen LogP contribution in [0, 0.1) is 6.92 Å². The lowest BCUT2D eigenvalue weighted by Crippen LogP contribution is -2.16. The van der Waals surface area contributed by atoms with Crippen molar-refractivity contribution in [1.29, 1.82) is 0 Å². The maximum Gasteiger partial charge on any atom is 0.261 e. The summed E-state index contributed by atoms with van der Waals surface area (Å²) in [6.07, 6.45) is 0.750. The fraction of sp³-hybridized carbons (Fsp3) is 0.214. The Balaban J connectivity index is 1.92. The third kappa shape index (κ3) is 5.20. The summed E-state index contributed by atoms with van der Waals surface area (Å²) in [7, 11) is -0.800. The maximum absolute atomic E-state index is 13.4. The molecule has 0 saturated carbocycles. The summed E-state index contributed by atoms with van der Waals surface area (Å²) in [4.78, 5) is 0.173. The summed E-state index contributed by atoms with van der Waals surface area (Å²) < 4.78 is 46.7. The number of ether oxygens (including phenoxy) is 2. The van der Waals surface area contributed by atoms with Gasteiger partial charge in [-0.25, -0.2) is 8.42 Å². The Morgan fingerprint density at radius 1 is 0.886 bits per heavy atom. The van der Waals surface area contributed by atoms with Crippen molar-refractivity contribution in [3.8, 4) is 11.5 Å². The van der Waals surface area contributed by atoms with Crippen molar-refractivity contribution < 1.29 is 22.3 Å². The second-order valence-electron chi connectivity index (χ2n) is 8.21. The zero-order chi connectivity index (χ0) is 25.0. The van der Waals surface area contributed by atoms with Gasteiger partial charge in [0, 0.05) is 12.5 Å². The average Bonchev–Trinajstić information content (AvgIpc) is 3.34. The Morgan fingerprint density at radius 3 is 2.14 bits per heavy atom. The maximum atomic E-state index is 13.4. The molecule has 6 nitrogen and oxygen atoms in total. The highest BCUT2D eigenvalue weighted by molar-refractivity contribution is 7.92. The van der Waals surface area contributed by atoms with Crippen LogP contribution in [-0.4, -0.2) is 22.6 Å². The van der Waals surface area contributed by atoms with Gasteiger partial charge in [0.05, 0.1) is 30.7 Å². The number of hydrogen-bond acceptors (Lipinski definition) is 5. The monoisotopic (exact) mass is 491 g/mol. The first-order valence-corrected chi connectivity index (χ1v) is 12.8. The molecular weight excluding hydrogens is 462 g/mol. The van der Waals surface area contributed by atoms with Crippen LogP contribution in [0.1, 0.15) is 41.1 Å². The zero-order valence-corrected chi connectivity index (χ0v) is 21.1. The molecule has 0 saturated heterocycles. The van der Waals surface area contributed by atoms with E-state index in [0.717, 1.165) is 23.3 Å². The Labute approximate surface area is 206 Å². The van der Waals surface area contributed by atoms with Crippen LogP contribution in [0.25, 0.3) is 0 Å². The van der Waals surface area contributed by atoms with Gasteiger partial charge in [0.15, 0.2) is 11.5 Å². The average molecular weight is 492 g/mol. The van der Waals surface area contributed by atoms with Crippen molar-refractivity contribution in [1.82, 2.24) is 0 Å². The predicted molar refractivity (Wildman–Crippen MR) is 137 cm³/mol. The lowest BCUT2D eigenvalue weighted by Gasteiger charge is -2.22. The Hall–Kier alpha value is -3.71. The molecule has 0 radical (unpaired) electrons. The molecule has 0 bridgehead atoms. The van der Waals surface area contributed by atoms with Crippen molar-refractivity contribution in [3.63, 3.8) is 0 Å². The van der Waals surface area contributed by atoms with Crippen LogP contribution >= 0.6 is 0 Å². The van der Waals surface area contributed by atoms with E-state index >= 15 is 0 Å². The first-order valence-electron chi connectivity index (χ1n) is 11.3. The van der Waals surface area contributed by atoms with E-state index in [9.17, 15) is 8.42 Å². The van der Waals surface area contributed by atoms with Crippen LogP contribution in [0.2, 0.25) is 0 Å². The fourth-order valence-electron chi connectivity index (χ4n) is 4.03. The quantitative estimate of drug-likeness (QED) is 0.304. The van der Waals surface area contributed by atoms with Crippen molar-refractivity contribution in [2.45, 2.75) is 31.1 Å². The van der Waals surface area contributed by atoms with E-state index in [4.69, 9.17) is 13.9 Å². The van der Waals surface area contributed by atoms with Gasteiger partial charge in [-0.15, -0.1) is 0 Å². The van der Waals surface area contributed by atoms with E-state index in [2.05, 4.69) is 4.72 Å². The summed E-state index contributed by atoms with van der Waals surface area (Å²) in [6, 6.07) is 23.9. The highest BCUT2D eigenvalue weighted by Gasteiger charge is 2.27. The molecule has 0 amide bonds. The van der Waals surface area contributed by atoms with Crippen LogP contribution in [0.3, 0.4) is 0 Å². The first-order chi connectivity index (χ1) is 16.9. The van der Waals surface area contributed by atoms with Gasteiger partial charge in [-0.2, -0.15) is 0 Å². The minimum atomic E-state index is -3.87. The molecule has 1 N–H and O–H groups in total. The normalized spacial score (nSPS) is 12.2. The number of nitrogens with one attached hydrogen (secondary N) is 1. The second kappa shape index (κ2) is 10.3. The summed E-state index contributed by atoms with van der Waals surface area (Å²) in [5, 5.41) is 0. The number of furan rings is 1. The molecular formula is C28H29NO5S. The van der Waals surface area contributed by atoms with E-state index in [1.807, 2.05) is 56.3 Å². The van der Waals surface area contributed by atoms with Gasteiger partial charge in [-0.3, -0.25) is 4.72 Å². The van der Waals surface area contributed by atoms with Gasteiger partial charge in [0.25, 0.3) is 10.0 Å². The van der Waals surface area contributed by atoms with E-state index in [1.54, 1.807) is 43.5 Å². The molecule has 3 aromatic carbocycles. The highest BCUT2D eigenvalue weighted by atomic mass is 32.2. The van der Waals surface area contributed by atoms with E-state index in [0.29, 0.717) is 28.5 Å². The van der Waals surface area contributed by atoms with Crippen molar-refractivity contribution in [2.24, 2.45) is 0 Å². The van der Waals surface area contributed by atoms with E-state index in [-0.39, 0.29) is 10.8 Å². The standard InChI is InChI=1S/C28H29NO5S/c1-5-21-13-16-25(34-21)28(20-9-7-6-8-10-20)23-17-26(32-3)27(33-4)18-24(23)29-35(30,31)22-14-11-19(2)12-15-22/h6-18,28-29H,5H2,1-4H3. The minimum absolute atomic E-state index is 0.173. The number of sulfonamides is 1. The van der Waals surface area contributed by atoms with Gasteiger partial charge < -0.3 is 13.9 Å². The fourth-order valence-corrected chi connectivity index (χ4v) is 5.10. The summed E-state index contributed by atoms with van der Waals surface area (Å²) in [6.45, 7) is 3.94. The SMILES string of the molecule is CCc1ccc(C(c2ccccc2)c2cc(OC)c(OC)cc2NS(=O)(=O)c2ccc(C)cc2)o1. The molecule has 35 heavy (non-hydrogen) atoms. The Bertz CT molecular complexity index is 1390. The number of aryl methyl sites for hydroxylation is 2. The molecule has 0 spiro atoms. The topological polar surface area (TPSA) is 77.8 Å². The molecule has 0 aliphatic carbocycles. The molecule has 4 rings (SSSR count). The number of anilines is 1. The zero-order valence-electron chi connectivity index (χ0n) is 20.2. The van der Waals surface area contributed by atoms with E-state index < -0.39 is 10.0 Å². The molecule has 1 atom stereocenters. The predicted octanol–water partition coefficient (Wildman–Crippen LogP) is 6.15. The first kappa shape index (κ1) is 24.4. The molecule has 0 aliphatic rings. The second-order valence-corrected chi connectivity index (χ2v) is 9.90. The van der Waals surface area contributed by atoms with E-state index in [1.165, 1.54) is 7.11 Å². The van der Waals surface area contributed by atoms with Gasteiger partial charge in [-0.1, -0.05) is 55.0 Å². The number of methoxy groups -OCH3 is 2. The van der Waals surface area contributed by atoms with Crippen molar-refractivity contribution >= 4 is 15.7 Å². The molecule has 7 heteroatoms. The van der Waals surface area contributed by atoms with Crippen molar-refractivity contribution in [3.05, 3.63) is 107 Å². The largest absolute Gasteiger partial charge is 0.493 e. The lowest BCUT2D eigenvalue weighted by atomic mass is 9.88. The molecule has 182 valence electrons. The van der Waals surface area contributed by atoms with Crippen LogP contribution in [0.5, 0.6) is 11.5 Å². The third-order valence-corrected chi connectivity index (χ3v) is 7.27. The van der Waals surface area contributed by atoms with Crippen LogP contribution in [0.4, 0.5) is 5.69 Å². The van der Waals surface area contributed by atoms with Crippen LogP contribution in [-0.2, 0) is 16.4 Å². The van der Waals surface area contributed by atoms with Gasteiger partial charge in [0.1, 0.15) is 11.5 Å². The summed E-state index contributed by atoms with van der Waals surface area (Å²) in [5.41, 5.74) is 2.99. The Kier molecular flexibility index (Phi) is 7.17. The Morgan fingerprint density at radius 2 is 1.54 bits per heavy atom. The molecule has 0 fully saturated rings. The third-order valence-electron chi connectivity index (χ3n) is 5.89. The molecule has 1 aromatic heterocycles. The number of hydrogen-bond donors (Lipinski definition) is 1. The van der Waals surface area contributed by atoms with Gasteiger partial charge >= 0.3 is 0 Å². The lowest BCUT2D eigenvalue weighted by molar-refractivity contribution is 0.354. The van der Waals surface area contributed by atoms with Gasteiger partial charge in [-0.05, 0) is 48.4 Å². The minimum Gasteiger partial charge on any atom is -0.493 e. The highest BCUT2D eigenvalue weighted by Crippen LogP contribution is 2.43. The van der Waals surface area contributed by atoms with Crippen molar-refractivity contribution in [2.75, 3.05) is 18.9 Å². The van der Waals surface area contributed by atoms with Crippen LogP contribution in [0.15, 0.2) is 88.2 Å². The number of benzene rings is 3. The smallest absolute Gasteiger partial charge is 0.261 e. The summed E-state index contributed by atoms with van der Waals surface area (Å²) in [5.74, 6) is 2.08. The molecule has 0 aliphatic heterocycles.